The van der Waals surface area contributed by atoms with E-state index in [0.29, 0.717) is 34.1 Å². The van der Waals surface area contributed by atoms with Gasteiger partial charge < -0.3 is 35.4 Å². The summed E-state index contributed by atoms with van der Waals surface area (Å²) in [7, 11) is 1.86. The van der Waals surface area contributed by atoms with Crippen LogP contribution in [0.2, 0.25) is 0 Å². The number of nitrogens with one attached hydrogen (secondary N) is 1. The Morgan fingerprint density at radius 2 is 1.21 bits per heavy atom. The fourth-order valence-electron chi connectivity index (χ4n) is 7.02. The van der Waals surface area contributed by atoms with E-state index in [1.165, 1.54) is 6.07 Å². The van der Waals surface area contributed by atoms with Crippen molar-refractivity contribution < 1.29 is 34.8 Å². The van der Waals surface area contributed by atoms with Crippen molar-refractivity contribution in [1.29, 1.82) is 0 Å². The lowest BCUT2D eigenvalue weighted by Crippen LogP contribution is -2.20. The first-order valence-corrected chi connectivity index (χ1v) is 20.7. The molecule has 0 fully saturated rings. The van der Waals surface area contributed by atoms with Crippen LogP contribution in [-0.4, -0.2) is 57.4 Å². The predicted molar refractivity (Wildman–Crippen MR) is 248 cm³/mol. The van der Waals surface area contributed by atoms with Crippen molar-refractivity contribution in [3.8, 4) is 23.0 Å². The number of aromatic hydroxyl groups is 4. The zero-order valence-electron chi connectivity index (χ0n) is 36.0. The molecule has 0 spiro atoms. The number of hydrogen-bond donors (Lipinski definition) is 5. The van der Waals surface area contributed by atoms with Gasteiger partial charge in [0.15, 0.2) is 22.9 Å². The molecule has 0 saturated heterocycles. The van der Waals surface area contributed by atoms with Crippen molar-refractivity contribution in [3.05, 3.63) is 143 Å². The van der Waals surface area contributed by atoms with Gasteiger partial charge in [0, 0.05) is 35.4 Å². The lowest BCUT2D eigenvalue weighted by atomic mass is 10.0. The van der Waals surface area contributed by atoms with Gasteiger partial charge >= 0.3 is 5.97 Å². The molecule has 0 aromatic heterocycles. The van der Waals surface area contributed by atoms with Crippen LogP contribution in [0.5, 0.6) is 23.0 Å². The SMILES string of the molecule is CCOC(=O)C(N=Nc1ccc2c(CC)cccc2c1O)=C(C)N(C)CC.CCc1cccc2c(O)c(N=Nc3c(O)c(C(=O)Nc4ccccc4O)cc4ccccc34)ccc12. The summed E-state index contributed by atoms with van der Waals surface area (Å²) in [5.41, 5.74) is 3.88. The van der Waals surface area contributed by atoms with Crippen LogP contribution in [0.1, 0.15) is 56.1 Å². The highest BCUT2D eigenvalue weighted by Gasteiger charge is 2.21. The standard InChI is InChI=1S/C29H23N3O4.C21H27N3O3/c1-2-17-9-7-11-21-19(17)14-15-24(27(21)34)31-32-26-20-10-4-3-8-18(20)16-22(28(26)35)29(36)30-23-12-5-6-13-25(23)33;1-6-15-10-9-11-17-16(15)12-13-18(20(17)25)22-23-19(21(26)27-8-3)14(4)24(5)7-2/h3-16,33-35H,2H2,1H3,(H,30,36);9-13,25H,6-8H2,1-5H3. The zero-order valence-corrected chi connectivity index (χ0v) is 36.0. The molecule has 13 nitrogen and oxygen atoms in total. The summed E-state index contributed by atoms with van der Waals surface area (Å²) >= 11 is 0. The smallest absolute Gasteiger partial charge is 0.360 e. The molecule has 0 atom stereocenters. The van der Waals surface area contributed by atoms with Gasteiger partial charge in [0.2, 0.25) is 0 Å². The van der Waals surface area contributed by atoms with Crippen molar-refractivity contribution in [2.45, 2.75) is 47.5 Å². The zero-order chi connectivity index (χ0) is 45.2. The predicted octanol–water partition coefficient (Wildman–Crippen LogP) is 12.3. The van der Waals surface area contributed by atoms with Gasteiger partial charge in [-0.2, -0.15) is 0 Å². The molecule has 0 aliphatic heterocycles. The average Bonchev–Trinajstić information content (AvgIpc) is 3.30. The first kappa shape index (κ1) is 44.7. The summed E-state index contributed by atoms with van der Waals surface area (Å²) in [6, 6.07) is 33.7. The third-order valence-corrected chi connectivity index (χ3v) is 10.7. The Kier molecular flexibility index (Phi) is 14.3. The van der Waals surface area contributed by atoms with Crippen molar-refractivity contribution in [3.63, 3.8) is 0 Å². The number of azo groups is 2. The van der Waals surface area contributed by atoms with E-state index in [0.717, 1.165) is 40.1 Å². The van der Waals surface area contributed by atoms with Gasteiger partial charge in [-0.05, 0) is 91.2 Å². The molecule has 1 amide bonds. The second-order valence-corrected chi connectivity index (χ2v) is 14.5. The second-order valence-electron chi connectivity index (χ2n) is 14.5. The van der Waals surface area contributed by atoms with Gasteiger partial charge in [0.25, 0.3) is 5.91 Å². The molecule has 0 heterocycles. The van der Waals surface area contributed by atoms with Crippen molar-refractivity contribution in [2.75, 3.05) is 25.5 Å². The van der Waals surface area contributed by atoms with Crippen molar-refractivity contribution in [1.82, 2.24) is 4.90 Å². The third kappa shape index (κ3) is 9.73. The quantitative estimate of drug-likeness (QED) is 0.0347. The van der Waals surface area contributed by atoms with Crippen LogP contribution in [0, 0.1) is 0 Å². The number of para-hydroxylation sites is 2. The number of anilines is 1. The normalized spacial score (nSPS) is 11.8. The third-order valence-electron chi connectivity index (χ3n) is 10.7. The summed E-state index contributed by atoms with van der Waals surface area (Å²) in [5.74, 6) is -1.56. The van der Waals surface area contributed by atoms with Gasteiger partial charge in [-0.1, -0.05) is 98.8 Å². The second kappa shape index (κ2) is 20.2. The first-order valence-electron chi connectivity index (χ1n) is 20.7. The molecule has 322 valence electrons. The summed E-state index contributed by atoms with van der Waals surface area (Å²) in [6.07, 6.45) is 1.70. The number of allylic oxidation sites excluding steroid dienone is 1. The fourth-order valence-corrected chi connectivity index (χ4v) is 7.02. The van der Waals surface area contributed by atoms with Crippen molar-refractivity contribution in [2.24, 2.45) is 20.5 Å². The Bertz CT molecular complexity index is 2920. The molecule has 63 heavy (non-hydrogen) atoms. The summed E-state index contributed by atoms with van der Waals surface area (Å²) in [5, 5.41) is 66.5. The summed E-state index contributed by atoms with van der Waals surface area (Å²) < 4.78 is 5.10. The van der Waals surface area contributed by atoms with E-state index < -0.39 is 11.9 Å². The molecule has 0 radical (unpaired) electrons. The van der Waals surface area contributed by atoms with E-state index in [1.54, 1.807) is 68.4 Å². The highest BCUT2D eigenvalue weighted by molar-refractivity contribution is 6.12. The average molecular weight is 847 g/mol. The lowest BCUT2D eigenvalue weighted by Gasteiger charge is -2.18. The molecule has 7 rings (SSSR count). The number of fused-ring (bicyclic) bond motifs is 3. The van der Waals surface area contributed by atoms with E-state index in [4.69, 9.17) is 4.74 Å². The Balaban J connectivity index is 0.000000219. The minimum absolute atomic E-state index is 0.0104. The number of nitrogens with zero attached hydrogens (tertiary/aromatic N) is 5. The van der Waals surface area contributed by atoms with Crippen molar-refractivity contribution >= 4 is 66.9 Å². The van der Waals surface area contributed by atoms with Crippen LogP contribution in [-0.2, 0) is 22.4 Å². The van der Waals surface area contributed by atoms with E-state index in [2.05, 4.69) is 39.6 Å². The number of benzene rings is 7. The van der Waals surface area contributed by atoms with Gasteiger partial charge in [-0.15, -0.1) is 20.5 Å². The Morgan fingerprint density at radius 1 is 0.635 bits per heavy atom. The molecule has 0 aliphatic carbocycles. The Hall–Kier alpha value is -7.80. The van der Waals surface area contributed by atoms with Gasteiger partial charge in [-0.3, -0.25) is 4.79 Å². The largest absolute Gasteiger partial charge is 0.506 e. The summed E-state index contributed by atoms with van der Waals surface area (Å²) in [6.45, 7) is 10.6. The number of phenols is 4. The molecule has 0 saturated carbocycles. The van der Waals surface area contributed by atoms with E-state index in [1.807, 2.05) is 73.5 Å². The number of carbonyl (C=O) groups is 2. The van der Waals surface area contributed by atoms with Crippen LogP contribution in [0.15, 0.2) is 147 Å². The van der Waals surface area contributed by atoms with Gasteiger partial charge in [0.1, 0.15) is 22.8 Å². The molecule has 7 aromatic rings. The first-order chi connectivity index (χ1) is 30.4. The number of carbonyl (C=O) groups excluding carboxylic acids is 2. The van der Waals surface area contributed by atoms with Crippen LogP contribution >= 0.6 is 0 Å². The fraction of sp³-hybridized carbons (Fsp3) is 0.200. The maximum atomic E-state index is 13.0. The number of aryl methyl sites for hydroxylation is 2. The number of rotatable bonds is 12. The Labute approximate surface area is 365 Å². The molecule has 7 aromatic carbocycles. The van der Waals surface area contributed by atoms with Crippen LogP contribution in [0.25, 0.3) is 32.3 Å². The molecule has 5 N–H and O–H groups in total. The molecular formula is C50H50N6O7. The number of esters is 1. The topological polar surface area (TPSA) is 189 Å². The Morgan fingerprint density at radius 3 is 1.79 bits per heavy atom. The minimum atomic E-state index is -0.614. The van der Waals surface area contributed by atoms with E-state index in [-0.39, 0.29) is 57.9 Å². The van der Waals surface area contributed by atoms with Gasteiger partial charge in [0.05, 0.1) is 17.9 Å². The number of ether oxygens (including phenoxy) is 1. The number of phenolic OH excluding ortho intramolecular Hbond substituents is 4. The maximum absolute atomic E-state index is 13.0. The molecule has 0 bridgehead atoms. The van der Waals surface area contributed by atoms with Crippen LogP contribution in [0.4, 0.5) is 22.7 Å². The molecule has 0 aliphatic rings. The van der Waals surface area contributed by atoms with Gasteiger partial charge in [-0.25, -0.2) is 4.79 Å². The summed E-state index contributed by atoms with van der Waals surface area (Å²) in [4.78, 5) is 27.2. The monoisotopic (exact) mass is 846 g/mol. The lowest BCUT2D eigenvalue weighted by molar-refractivity contribution is -0.138. The maximum Gasteiger partial charge on any atom is 0.360 e. The highest BCUT2D eigenvalue weighted by atomic mass is 16.5. The molecule has 0 unspecified atom stereocenters. The number of hydrogen-bond acceptors (Lipinski definition) is 12. The van der Waals surface area contributed by atoms with Crippen LogP contribution < -0.4 is 5.32 Å². The minimum Gasteiger partial charge on any atom is -0.506 e. The number of amides is 1. The highest BCUT2D eigenvalue weighted by Crippen LogP contribution is 2.42. The van der Waals surface area contributed by atoms with Crippen LogP contribution in [0.3, 0.4) is 0 Å². The molecular weight excluding hydrogens is 797 g/mol. The van der Waals surface area contributed by atoms with E-state index >= 15 is 0 Å². The molecule has 13 heteroatoms. The van der Waals surface area contributed by atoms with E-state index in [9.17, 15) is 30.0 Å².